The molecule has 0 saturated carbocycles. The van der Waals surface area contributed by atoms with Gasteiger partial charge in [0.1, 0.15) is 5.71 Å². The second kappa shape index (κ2) is 2.82. The molecule has 0 aromatic heterocycles. The van der Waals surface area contributed by atoms with Gasteiger partial charge in [-0.25, -0.2) is 4.79 Å². The van der Waals surface area contributed by atoms with Crippen molar-refractivity contribution in [3.05, 3.63) is 0 Å². The van der Waals surface area contributed by atoms with Gasteiger partial charge >= 0.3 is 5.97 Å². The molecule has 58 valence electrons. The zero-order valence-corrected chi connectivity index (χ0v) is 6.80. The lowest BCUT2D eigenvalue weighted by atomic mass is 10.1. The molecule has 0 rings (SSSR count). The van der Waals surface area contributed by atoms with Gasteiger partial charge in [0.2, 0.25) is 0 Å². The molecule has 0 unspecified atom stereocenters. The van der Waals surface area contributed by atoms with Gasteiger partial charge in [0.05, 0.1) is 5.54 Å². The molecular weight excluding hydrogens is 130 g/mol. The van der Waals surface area contributed by atoms with E-state index in [-0.39, 0.29) is 11.3 Å². The van der Waals surface area contributed by atoms with Crippen molar-refractivity contribution in [3.63, 3.8) is 0 Å². The van der Waals surface area contributed by atoms with E-state index in [0.717, 1.165) is 0 Å². The summed E-state index contributed by atoms with van der Waals surface area (Å²) in [6.07, 6.45) is 0. The van der Waals surface area contributed by atoms with E-state index in [1.165, 1.54) is 6.92 Å². The fraction of sp³-hybridized carbons (Fsp3) is 0.714. The van der Waals surface area contributed by atoms with Gasteiger partial charge in [0.25, 0.3) is 0 Å². The number of hydrogen-bond donors (Lipinski definition) is 1. The first-order valence-electron chi connectivity index (χ1n) is 3.12. The number of rotatable bonds is 1. The minimum absolute atomic E-state index is 0.160. The summed E-state index contributed by atoms with van der Waals surface area (Å²) in [5, 5.41) is 8.41. The quantitative estimate of drug-likeness (QED) is 0.563. The van der Waals surface area contributed by atoms with Crippen LogP contribution in [0.1, 0.15) is 27.7 Å². The van der Waals surface area contributed by atoms with E-state index in [1.807, 2.05) is 20.8 Å². The molecule has 0 aliphatic carbocycles. The summed E-state index contributed by atoms with van der Waals surface area (Å²) < 4.78 is 0. The smallest absolute Gasteiger partial charge is 0.349 e. The molecule has 0 amide bonds. The predicted octanol–water partition coefficient (Wildman–Crippen LogP) is 1.33. The van der Waals surface area contributed by atoms with Crippen molar-refractivity contribution in [2.24, 2.45) is 4.99 Å². The second-order valence-corrected chi connectivity index (χ2v) is 3.17. The lowest BCUT2D eigenvalue weighted by Gasteiger charge is -2.11. The van der Waals surface area contributed by atoms with E-state index in [9.17, 15) is 4.79 Å². The van der Waals surface area contributed by atoms with Gasteiger partial charge < -0.3 is 5.11 Å². The zero-order valence-electron chi connectivity index (χ0n) is 6.80. The molecule has 1 N–H and O–H groups in total. The minimum atomic E-state index is -0.949. The Morgan fingerprint density at radius 3 is 1.90 bits per heavy atom. The van der Waals surface area contributed by atoms with Crippen LogP contribution in [0.4, 0.5) is 0 Å². The Balaban J connectivity index is 4.32. The van der Waals surface area contributed by atoms with Gasteiger partial charge in [-0.1, -0.05) is 0 Å². The van der Waals surface area contributed by atoms with E-state index in [4.69, 9.17) is 5.11 Å². The Labute approximate surface area is 60.8 Å². The number of carbonyl (C=O) groups is 1. The first-order valence-corrected chi connectivity index (χ1v) is 3.12. The van der Waals surface area contributed by atoms with Crippen LogP contribution in [0.25, 0.3) is 0 Å². The maximum atomic E-state index is 10.2. The van der Waals surface area contributed by atoms with Crippen LogP contribution < -0.4 is 0 Å². The van der Waals surface area contributed by atoms with Crippen LogP contribution >= 0.6 is 0 Å². The van der Waals surface area contributed by atoms with Gasteiger partial charge in [-0.3, -0.25) is 4.99 Å². The number of hydrogen-bond acceptors (Lipinski definition) is 2. The van der Waals surface area contributed by atoms with Crippen molar-refractivity contribution in [2.45, 2.75) is 33.2 Å². The summed E-state index contributed by atoms with van der Waals surface area (Å²) in [7, 11) is 0. The van der Waals surface area contributed by atoms with Gasteiger partial charge in [-0.2, -0.15) is 0 Å². The molecule has 0 heterocycles. The molecule has 10 heavy (non-hydrogen) atoms. The van der Waals surface area contributed by atoms with Crippen molar-refractivity contribution >= 4 is 11.7 Å². The normalized spacial score (nSPS) is 13.4. The third-order valence-corrected chi connectivity index (χ3v) is 0.813. The number of aliphatic carboxylic acids is 1. The summed E-state index contributed by atoms with van der Waals surface area (Å²) >= 11 is 0. The maximum Gasteiger partial charge on any atom is 0.349 e. The Hall–Kier alpha value is -0.860. The molecule has 3 nitrogen and oxygen atoms in total. The molecule has 0 fully saturated rings. The van der Waals surface area contributed by atoms with Crippen LogP contribution in [-0.4, -0.2) is 22.3 Å². The first kappa shape index (κ1) is 9.14. The molecule has 0 aromatic carbocycles. The fourth-order valence-electron chi connectivity index (χ4n) is 0.551. The highest BCUT2D eigenvalue weighted by Gasteiger charge is 2.10. The number of aliphatic imine (C=N–C) groups is 1. The molecule has 0 atom stereocenters. The molecule has 0 radical (unpaired) electrons. The summed E-state index contributed by atoms with van der Waals surface area (Å²) in [4.78, 5) is 14.2. The molecule has 0 aromatic rings. The number of nitrogens with zero attached hydrogens (tertiary/aromatic N) is 1. The van der Waals surface area contributed by atoms with Gasteiger partial charge in [-0.15, -0.1) is 0 Å². The number of carboxylic acids is 1. The van der Waals surface area contributed by atoms with Crippen molar-refractivity contribution in [1.82, 2.24) is 0 Å². The van der Waals surface area contributed by atoms with Gasteiger partial charge in [-0.05, 0) is 27.7 Å². The summed E-state index contributed by atoms with van der Waals surface area (Å²) in [5.74, 6) is -0.949. The molecular formula is C7H13NO2. The molecule has 0 aliphatic rings. The number of carboxylic acid groups (broad SMARTS) is 1. The average molecular weight is 143 g/mol. The molecule has 0 bridgehead atoms. The molecule has 0 saturated heterocycles. The Morgan fingerprint density at radius 2 is 1.80 bits per heavy atom. The van der Waals surface area contributed by atoms with Crippen molar-refractivity contribution in [1.29, 1.82) is 0 Å². The highest BCUT2D eigenvalue weighted by molar-refractivity contribution is 6.34. The lowest BCUT2D eigenvalue weighted by Crippen LogP contribution is -2.17. The highest BCUT2D eigenvalue weighted by Crippen LogP contribution is 2.06. The second-order valence-electron chi connectivity index (χ2n) is 3.17. The van der Waals surface area contributed by atoms with E-state index in [2.05, 4.69) is 4.99 Å². The third kappa shape index (κ3) is 4.06. The van der Waals surface area contributed by atoms with Crippen molar-refractivity contribution in [2.75, 3.05) is 0 Å². The van der Waals surface area contributed by atoms with Crippen LogP contribution in [-0.2, 0) is 4.79 Å². The minimum Gasteiger partial charge on any atom is -0.477 e. The monoisotopic (exact) mass is 143 g/mol. The Morgan fingerprint density at radius 1 is 1.40 bits per heavy atom. The lowest BCUT2D eigenvalue weighted by molar-refractivity contribution is -0.129. The van der Waals surface area contributed by atoms with Crippen LogP contribution in [0, 0.1) is 0 Å². The van der Waals surface area contributed by atoms with Gasteiger partial charge in [0, 0.05) is 0 Å². The zero-order chi connectivity index (χ0) is 8.36. The van der Waals surface area contributed by atoms with Crippen LogP contribution in [0.2, 0.25) is 0 Å². The largest absolute Gasteiger partial charge is 0.477 e. The topological polar surface area (TPSA) is 49.7 Å². The van der Waals surface area contributed by atoms with E-state index in [1.54, 1.807) is 0 Å². The molecule has 3 heteroatoms. The SMILES string of the molecule is C/C(=N\C(C)(C)C)C(=O)O. The first-order chi connectivity index (χ1) is 4.33. The predicted molar refractivity (Wildman–Crippen MR) is 40.5 cm³/mol. The van der Waals surface area contributed by atoms with E-state index in [0.29, 0.717) is 0 Å². The summed E-state index contributed by atoms with van der Waals surface area (Å²) in [6.45, 7) is 7.08. The van der Waals surface area contributed by atoms with Gasteiger partial charge in [0.15, 0.2) is 0 Å². The van der Waals surface area contributed by atoms with Crippen molar-refractivity contribution in [3.8, 4) is 0 Å². The summed E-state index contributed by atoms with van der Waals surface area (Å²) in [5.41, 5.74) is -0.129. The molecule has 0 spiro atoms. The van der Waals surface area contributed by atoms with E-state index >= 15 is 0 Å². The highest BCUT2D eigenvalue weighted by atomic mass is 16.4. The van der Waals surface area contributed by atoms with Crippen LogP contribution in [0.3, 0.4) is 0 Å². The average Bonchev–Trinajstić information content (AvgIpc) is 1.60. The van der Waals surface area contributed by atoms with Crippen molar-refractivity contribution < 1.29 is 9.90 Å². The van der Waals surface area contributed by atoms with Crippen LogP contribution in [0.5, 0.6) is 0 Å². The fourth-order valence-corrected chi connectivity index (χ4v) is 0.551. The maximum absolute atomic E-state index is 10.2. The third-order valence-electron chi connectivity index (χ3n) is 0.813. The Bertz CT molecular complexity index is 165. The standard InChI is InChI=1S/C7H13NO2/c1-5(6(9)10)8-7(2,3)4/h1-4H3,(H,9,10)/b8-5+. The molecule has 0 aliphatic heterocycles. The Kier molecular flexibility index (Phi) is 2.57. The van der Waals surface area contributed by atoms with Crippen LogP contribution in [0.15, 0.2) is 4.99 Å². The summed E-state index contributed by atoms with van der Waals surface area (Å²) in [6, 6.07) is 0. The van der Waals surface area contributed by atoms with E-state index < -0.39 is 5.97 Å².